The van der Waals surface area contributed by atoms with Crippen molar-refractivity contribution in [1.29, 1.82) is 0 Å². The van der Waals surface area contributed by atoms with Gasteiger partial charge < -0.3 is 0 Å². The van der Waals surface area contributed by atoms with Gasteiger partial charge in [-0.3, -0.25) is 0 Å². The predicted octanol–water partition coefficient (Wildman–Crippen LogP) is 4.09. The average Bonchev–Trinajstić information content (AvgIpc) is 2.19. The molecule has 0 bridgehead atoms. The molecule has 0 saturated heterocycles. The topological polar surface area (TPSA) is 0 Å². The van der Waals surface area contributed by atoms with Crippen molar-refractivity contribution in [2.75, 3.05) is 5.33 Å². The highest BCUT2D eigenvalue weighted by molar-refractivity contribution is 9.09. The van der Waals surface area contributed by atoms with Crippen LogP contribution in [-0.4, -0.2) is 5.33 Å². The van der Waals surface area contributed by atoms with Crippen molar-refractivity contribution < 1.29 is 0 Å². The van der Waals surface area contributed by atoms with Gasteiger partial charge in [0.15, 0.2) is 0 Å². The van der Waals surface area contributed by atoms with Crippen LogP contribution in [-0.2, 0) is 6.42 Å². The fourth-order valence-corrected chi connectivity index (χ4v) is 2.20. The van der Waals surface area contributed by atoms with Crippen molar-refractivity contribution in [2.45, 2.75) is 13.3 Å². The van der Waals surface area contributed by atoms with E-state index in [-0.39, 0.29) is 0 Å². The maximum atomic E-state index is 3.49. The molecule has 0 amide bonds. The maximum Gasteiger partial charge on any atom is 0.00720 e. The van der Waals surface area contributed by atoms with Gasteiger partial charge in [-0.05, 0) is 29.7 Å². The fraction of sp³-hybridized carbons (Fsp3) is 0.231. The summed E-state index contributed by atoms with van der Waals surface area (Å²) in [5.41, 5.74) is 2.77. The number of fused-ring (bicyclic) bond motifs is 1. The Morgan fingerprint density at radius 1 is 1.14 bits per heavy atom. The predicted molar refractivity (Wildman–Crippen MR) is 66.2 cm³/mol. The lowest BCUT2D eigenvalue weighted by molar-refractivity contribution is 1.19. The van der Waals surface area contributed by atoms with E-state index in [4.69, 9.17) is 0 Å². The molecule has 0 spiro atoms. The van der Waals surface area contributed by atoms with Crippen LogP contribution in [0.4, 0.5) is 0 Å². The minimum atomic E-state index is 1.03. The zero-order valence-electron chi connectivity index (χ0n) is 8.26. The van der Waals surface area contributed by atoms with E-state index in [1.165, 1.54) is 21.9 Å². The van der Waals surface area contributed by atoms with Crippen molar-refractivity contribution in [3.63, 3.8) is 0 Å². The van der Waals surface area contributed by atoms with E-state index < -0.39 is 0 Å². The minimum absolute atomic E-state index is 1.03. The molecule has 0 nitrogen and oxygen atoms in total. The SMILES string of the molecule is Cc1ccc2cccc(CCBr)c2c1. The molecule has 72 valence electrons. The van der Waals surface area contributed by atoms with E-state index in [0.717, 1.165) is 11.8 Å². The van der Waals surface area contributed by atoms with Gasteiger partial charge in [0.25, 0.3) is 0 Å². The molecule has 0 aliphatic heterocycles. The molecule has 0 aromatic heterocycles. The third-order valence-corrected chi connectivity index (χ3v) is 2.89. The molecule has 14 heavy (non-hydrogen) atoms. The van der Waals surface area contributed by atoms with Crippen LogP contribution >= 0.6 is 15.9 Å². The van der Waals surface area contributed by atoms with Crippen LogP contribution in [0, 0.1) is 6.92 Å². The Morgan fingerprint density at radius 3 is 2.79 bits per heavy atom. The van der Waals surface area contributed by atoms with Crippen LogP contribution in [0.15, 0.2) is 36.4 Å². The van der Waals surface area contributed by atoms with Crippen LogP contribution in [0.25, 0.3) is 10.8 Å². The first-order valence-corrected chi connectivity index (χ1v) is 5.97. The largest absolute Gasteiger partial charge is 0.0924 e. The fourth-order valence-electron chi connectivity index (χ4n) is 1.77. The smallest absolute Gasteiger partial charge is 0.00720 e. The van der Waals surface area contributed by atoms with Gasteiger partial charge >= 0.3 is 0 Å². The number of halogens is 1. The molecule has 0 aliphatic rings. The van der Waals surface area contributed by atoms with E-state index in [1.54, 1.807) is 0 Å². The summed E-state index contributed by atoms with van der Waals surface area (Å²) in [6.07, 6.45) is 1.10. The molecule has 0 atom stereocenters. The van der Waals surface area contributed by atoms with Crippen molar-refractivity contribution in [2.24, 2.45) is 0 Å². The molecule has 0 fully saturated rings. The van der Waals surface area contributed by atoms with E-state index in [0.29, 0.717) is 0 Å². The Hall–Kier alpha value is -0.820. The number of benzene rings is 2. The quantitative estimate of drug-likeness (QED) is 0.703. The molecule has 0 saturated carbocycles. The molecule has 2 aromatic carbocycles. The Bertz CT molecular complexity index is 446. The van der Waals surface area contributed by atoms with Gasteiger partial charge in [0.2, 0.25) is 0 Å². The van der Waals surface area contributed by atoms with Crippen LogP contribution in [0.5, 0.6) is 0 Å². The molecule has 0 radical (unpaired) electrons. The summed E-state index contributed by atoms with van der Waals surface area (Å²) < 4.78 is 0. The van der Waals surface area contributed by atoms with E-state index in [1.807, 2.05) is 0 Å². The summed E-state index contributed by atoms with van der Waals surface area (Å²) in [5, 5.41) is 3.76. The lowest BCUT2D eigenvalue weighted by Gasteiger charge is -2.05. The Kier molecular flexibility index (Phi) is 2.87. The average molecular weight is 249 g/mol. The molecule has 0 N–H and O–H groups in total. The summed E-state index contributed by atoms with van der Waals surface area (Å²) in [5.74, 6) is 0. The zero-order valence-corrected chi connectivity index (χ0v) is 9.84. The summed E-state index contributed by atoms with van der Waals surface area (Å²) in [4.78, 5) is 0. The van der Waals surface area contributed by atoms with E-state index >= 15 is 0 Å². The standard InChI is InChI=1S/C13H13Br/c1-10-5-6-11-3-2-4-12(7-8-14)13(11)9-10/h2-6,9H,7-8H2,1H3. The first-order valence-electron chi connectivity index (χ1n) is 4.85. The summed E-state index contributed by atoms with van der Waals surface area (Å²) >= 11 is 3.49. The second kappa shape index (κ2) is 4.14. The lowest BCUT2D eigenvalue weighted by Crippen LogP contribution is -1.88. The van der Waals surface area contributed by atoms with E-state index in [2.05, 4.69) is 59.3 Å². The van der Waals surface area contributed by atoms with Gasteiger partial charge in [-0.2, -0.15) is 0 Å². The molecule has 2 aromatic rings. The second-order valence-electron chi connectivity index (χ2n) is 3.58. The Balaban J connectivity index is 2.64. The first-order chi connectivity index (χ1) is 6.81. The van der Waals surface area contributed by atoms with Crippen LogP contribution < -0.4 is 0 Å². The first kappa shape index (κ1) is 9.72. The van der Waals surface area contributed by atoms with Gasteiger partial charge in [-0.1, -0.05) is 57.9 Å². The summed E-state index contributed by atoms with van der Waals surface area (Å²) in [6.45, 7) is 2.14. The van der Waals surface area contributed by atoms with E-state index in [9.17, 15) is 0 Å². The van der Waals surface area contributed by atoms with Crippen molar-refractivity contribution in [3.8, 4) is 0 Å². The van der Waals surface area contributed by atoms with Gasteiger partial charge in [-0.25, -0.2) is 0 Å². The minimum Gasteiger partial charge on any atom is -0.0924 e. The Morgan fingerprint density at radius 2 is 2.00 bits per heavy atom. The molecule has 0 aliphatic carbocycles. The highest BCUT2D eigenvalue weighted by Crippen LogP contribution is 2.21. The van der Waals surface area contributed by atoms with Crippen molar-refractivity contribution in [1.82, 2.24) is 0 Å². The monoisotopic (exact) mass is 248 g/mol. The molecule has 1 heteroatoms. The third kappa shape index (κ3) is 1.83. The normalized spacial score (nSPS) is 10.7. The number of rotatable bonds is 2. The molecule has 2 rings (SSSR count). The Labute approximate surface area is 93.1 Å². The molecule has 0 unspecified atom stereocenters. The highest BCUT2D eigenvalue weighted by atomic mass is 79.9. The van der Waals surface area contributed by atoms with Gasteiger partial charge in [0.05, 0.1) is 0 Å². The van der Waals surface area contributed by atoms with Gasteiger partial charge in [-0.15, -0.1) is 0 Å². The van der Waals surface area contributed by atoms with Crippen molar-refractivity contribution >= 4 is 26.7 Å². The summed E-state index contributed by atoms with van der Waals surface area (Å²) in [7, 11) is 0. The van der Waals surface area contributed by atoms with Gasteiger partial charge in [0.1, 0.15) is 0 Å². The maximum absolute atomic E-state index is 3.49. The second-order valence-corrected chi connectivity index (χ2v) is 4.37. The van der Waals surface area contributed by atoms with Crippen LogP contribution in [0.1, 0.15) is 11.1 Å². The number of aryl methyl sites for hydroxylation is 2. The van der Waals surface area contributed by atoms with Crippen LogP contribution in [0.2, 0.25) is 0 Å². The number of hydrogen-bond donors (Lipinski definition) is 0. The molecule has 0 heterocycles. The van der Waals surface area contributed by atoms with Crippen molar-refractivity contribution in [3.05, 3.63) is 47.5 Å². The molecular formula is C13H13Br. The highest BCUT2D eigenvalue weighted by Gasteiger charge is 1.99. The van der Waals surface area contributed by atoms with Gasteiger partial charge in [0, 0.05) is 5.33 Å². The third-order valence-electron chi connectivity index (χ3n) is 2.49. The molecular weight excluding hydrogens is 236 g/mol. The van der Waals surface area contributed by atoms with Crippen LogP contribution in [0.3, 0.4) is 0 Å². The number of alkyl halides is 1. The number of hydrogen-bond acceptors (Lipinski definition) is 0. The zero-order chi connectivity index (χ0) is 9.97. The summed E-state index contributed by atoms with van der Waals surface area (Å²) in [6, 6.07) is 13.2. The lowest BCUT2D eigenvalue weighted by atomic mass is 10.0.